The second kappa shape index (κ2) is 7.22. The fourth-order valence-corrected chi connectivity index (χ4v) is 1.34. The van der Waals surface area contributed by atoms with Crippen molar-refractivity contribution in [3.05, 3.63) is 23.8 Å². The molecule has 1 aromatic carbocycles. The number of aromatic hydroxyl groups is 1. The van der Waals surface area contributed by atoms with Gasteiger partial charge >= 0.3 is 12.0 Å². The maximum absolute atomic E-state index is 11.5. The van der Waals surface area contributed by atoms with Crippen LogP contribution in [0.1, 0.15) is 17.3 Å². The maximum atomic E-state index is 11.5. The number of benzene rings is 1. The minimum atomic E-state index is -1.27. The molecule has 4 N–H and O–H groups in total. The summed E-state index contributed by atoms with van der Waals surface area (Å²) < 4.78 is 5.05. The summed E-state index contributed by atoms with van der Waals surface area (Å²) in [6.07, 6.45) is 0. The van der Waals surface area contributed by atoms with E-state index in [4.69, 9.17) is 9.84 Å². The molecule has 0 spiro atoms. The lowest BCUT2D eigenvalue weighted by atomic mass is 10.2. The molecule has 7 heteroatoms. The molecule has 0 unspecified atom stereocenters. The van der Waals surface area contributed by atoms with E-state index in [1.807, 2.05) is 6.92 Å². The second-order valence-electron chi connectivity index (χ2n) is 3.61. The number of amides is 2. The van der Waals surface area contributed by atoms with Gasteiger partial charge in [0.2, 0.25) is 0 Å². The molecule has 0 saturated carbocycles. The first-order valence-electron chi connectivity index (χ1n) is 5.73. The number of carboxylic acids is 1. The van der Waals surface area contributed by atoms with Crippen LogP contribution in [0.2, 0.25) is 0 Å². The molecule has 0 aliphatic heterocycles. The zero-order valence-corrected chi connectivity index (χ0v) is 10.5. The Morgan fingerprint density at radius 3 is 2.74 bits per heavy atom. The number of nitrogens with one attached hydrogen (secondary N) is 2. The summed E-state index contributed by atoms with van der Waals surface area (Å²) in [5.41, 5.74) is 0.0104. The standard InChI is InChI=1S/C12H16N2O5/c1-2-19-6-5-13-12(18)14-8-3-4-10(15)9(7-8)11(16)17/h3-4,7,15H,2,5-6H2,1H3,(H,16,17)(H2,13,14,18). The van der Waals surface area contributed by atoms with E-state index in [1.54, 1.807) is 0 Å². The molecule has 0 atom stereocenters. The van der Waals surface area contributed by atoms with Crippen LogP contribution in [0, 0.1) is 0 Å². The molecule has 0 aliphatic rings. The van der Waals surface area contributed by atoms with Crippen molar-refractivity contribution in [3.8, 4) is 5.75 Å². The lowest BCUT2D eigenvalue weighted by Gasteiger charge is -2.08. The number of hydrogen-bond donors (Lipinski definition) is 4. The highest BCUT2D eigenvalue weighted by Gasteiger charge is 2.11. The van der Waals surface area contributed by atoms with Crippen LogP contribution in [0.5, 0.6) is 5.75 Å². The van der Waals surface area contributed by atoms with Gasteiger partial charge in [-0.3, -0.25) is 0 Å². The third kappa shape index (κ3) is 4.84. The van der Waals surface area contributed by atoms with E-state index in [1.165, 1.54) is 18.2 Å². The molecular formula is C12H16N2O5. The lowest BCUT2D eigenvalue weighted by molar-refractivity contribution is 0.0693. The average Bonchev–Trinajstić information content (AvgIpc) is 2.36. The highest BCUT2D eigenvalue weighted by atomic mass is 16.5. The van der Waals surface area contributed by atoms with Crippen molar-refractivity contribution in [3.63, 3.8) is 0 Å². The second-order valence-corrected chi connectivity index (χ2v) is 3.61. The van der Waals surface area contributed by atoms with Crippen LogP contribution >= 0.6 is 0 Å². The SMILES string of the molecule is CCOCCNC(=O)Nc1ccc(O)c(C(=O)O)c1. The van der Waals surface area contributed by atoms with Crippen molar-refractivity contribution in [2.75, 3.05) is 25.1 Å². The molecular weight excluding hydrogens is 252 g/mol. The molecule has 19 heavy (non-hydrogen) atoms. The molecule has 0 aromatic heterocycles. The number of carbonyl (C=O) groups excluding carboxylic acids is 1. The van der Waals surface area contributed by atoms with E-state index in [9.17, 15) is 14.7 Å². The Labute approximate surface area is 110 Å². The first-order valence-corrected chi connectivity index (χ1v) is 5.73. The average molecular weight is 268 g/mol. The molecule has 1 rings (SSSR count). The van der Waals surface area contributed by atoms with Crippen LogP contribution in [0.3, 0.4) is 0 Å². The van der Waals surface area contributed by atoms with Gasteiger partial charge in [0, 0.05) is 18.8 Å². The van der Waals surface area contributed by atoms with Gasteiger partial charge in [-0.2, -0.15) is 0 Å². The Hall–Kier alpha value is -2.28. The van der Waals surface area contributed by atoms with Gasteiger partial charge in [-0.15, -0.1) is 0 Å². The minimum Gasteiger partial charge on any atom is -0.507 e. The van der Waals surface area contributed by atoms with Crippen molar-refractivity contribution < 1.29 is 24.5 Å². The molecule has 0 saturated heterocycles. The Morgan fingerprint density at radius 2 is 2.11 bits per heavy atom. The van der Waals surface area contributed by atoms with E-state index in [-0.39, 0.29) is 17.0 Å². The third-order valence-corrected chi connectivity index (χ3v) is 2.22. The van der Waals surface area contributed by atoms with Crippen molar-refractivity contribution in [2.45, 2.75) is 6.92 Å². The zero-order chi connectivity index (χ0) is 14.3. The van der Waals surface area contributed by atoms with Crippen molar-refractivity contribution in [1.82, 2.24) is 5.32 Å². The molecule has 0 heterocycles. The van der Waals surface area contributed by atoms with Gasteiger partial charge in [-0.05, 0) is 25.1 Å². The normalized spacial score (nSPS) is 9.95. The number of aromatic carboxylic acids is 1. The predicted molar refractivity (Wildman–Crippen MR) is 68.6 cm³/mol. The largest absolute Gasteiger partial charge is 0.507 e. The number of ether oxygens (including phenoxy) is 1. The summed E-state index contributed by atoms with van der Waals surface area (Å²) in [6.45, 7) is 3.18. The molecule has 2 amide bonds. The van der Waals surface area contributed by atoms with E-state index in [0.717, 1.165) is 0 Å². The van der Waals surface area contributed by atoms with Crippen LogP contribution < -0.4 is 10.6 Å². The van der Waals surface area contributed by atoms with Gasteiger partial charge in [0.25, 0.3) is 0 Å². The predicted octanol–water partition coefficient (Wildman–Crippen LogP) is 1.25. The summed E-state index contributed by atoms with van der Waals surface area (Å²) >= 11 is 0. The number of carbonyl (C=O) groups is 2. The molecule has 104 valence electrons. The lowest BCUT2D eigenvalue weighted by Crippen LogP contribution is -2.31. The smallest absolute Gasteiger partial charge is 0.339 e. The van der Waals surface area contributed by atoms with E-state index in [2.05, 4.69) is 10.6 Å². The maximum Gasteiger partial charge on any atom is 0.339 e. The summed E-state index contributed by atoms with van der Waals surface area (Å²) in [5, 5.41) is 23.1. The molecule has 0 bridgehead atoms. The number of urea groups is 1. The Bertz CT molecular complexity index is 461. The van der Waals surface area contributed by atoms with Crippen LogP contribution in [-0.2, 0) is 4.74 Å². The van der Waals surface area contributed by atoms with Gasteiger partial charge in [-0.1, -0.05) is 0 Å². The Balaban J connectivity index is 2.55. The number of phenols is 1. The summed E-state index contributed by atoms with van der Waals surface area (Å²) in [7, 11) is 0. The van der Waals surface area contributed by atoms with Crippen LogP contribution in [0.4, 0.5) is 10.5 Å². The number of rotatable bonds is 6. The fourth-order valence-electron chi connectivity index (χ4n) is 1.34. The fraction of sp³-hybridized carbons (Fsp3) is 0.333. The number of anilines is 1. The molecule has 1 aromatic rings. The summed E-state index contributed by atoms with van der Waals surface area (Å²) in [6, 6.07) is 3.32. The van der Waals surface area contributed by atoms with Crippen molar-refractivity contribution in [2.24, 2.45) is 0 Å². The number of carboxylic acid groups (broad SMARTS) is 1. The highest BCUT2D eigenvalue weighted by molar-refractivity contribution is 5.95. The van der Waals surface area contributed by atoms with Crippen LogP contribution in [0.25, 0.3) is 0 Å². The first-order chi connectivity index (χ1) is 9.04. The Morgan fingerprint density at radius 1 is 1.37 bits per heavy atom. The zero-order valence-electron chi connectivity index (χ0n) is 10.5. The van der Waals surface area contributed by atoms with Crippen LogP contribution in [-0.4, -0.2) is 42.0 Å². The summed E-state index contributed by atoms with van der Waals surface area (Å²) in [5.74, 6) is -1.62. The first kappa shape index (κ1) is 14.8. The van der Waals surface area contributed by atoms with Crippen molar-refractivity contribution >= 4 is 17.7 Å². The van der Waals surface area contributed by atoms with Gasteiger partial charge in [0.1, 0.15) is 11.3 Å². The molecule has 0 radical (unpaired) electrons. The van der Waals surface area contributed by atoms with Crippen molar-refractivity contribution in [1.29, 1.82) is 0 Å². The van der Waals surface area contributed by atoms with Gasteiger partial charge in [0.15, 0.2) is 0 Å². The number of hydrogen-bond acceptors (Lipinski definition) is 4. The van der Waals surface area contributed by atoms with E-state index < -0.39 is 12.0 Å². The third-order valence-electron chi connectivity index (χ3n) is 2.22. The molecule has 0 fully saturated rings. The molecule has 7 nitrogen and oxygen atoms in total. The Kier molecular flexibility index (Phi) is 5.62. The van der Waals surface area contributed by atoms with Crippen LogP contribution in [0.15, 0.2) is 18.2 Å². The minimum absolute atomic E-state index is 0.271. The van der Waals surface area contributed by atoms with Gasteiger partial charge < -0.3 is 25.6 Å². The van der Waals surface area contributed by atoms with E-state index >= 15 is 0 Å². The monoisotopic (exact) mass is 268 g/mol. The quantitative estimate of drug-likeness (QED) is 0.458. The molecule has 0 aliphatic carbocycles. The van der Waals surface area contributed by atoms with E-state index in [0.29, 0.717) is 19.8 Å². The highest BCUT2D eigenvalue weighted by Crippen LogP contribution is 2.21. The summed E-state index contributed by atoms with van der Waals surface area (Å²) in [4.78, 5) is 22.3. The van der Waals surface area contributed by atoms with Gasteiger partial charge in [0.05, 0.1) is 6.61 Å². The topological polar surface area (TPSA) is 108 Å². The van der Waals surface area contributed by atoms with Gasteiger partial charge in [-0.25, -0.2) is 9.59 Å².